The van der Waals surface area contributed by atoms with Gasteiger partial charge in [0.2, 0.25) is 5.95 Å². The lowest BCUT2D eigenvalue weighted by molar-refractivity contribution is -0.140. The van der Waals surface area contributed by atoms with E-state index in [1.54, 1.807) is 18.7 Å². The lowest BCUT2D eigenvalue weighted by Gasteiger charge is -2.36. The van der Waals surface area contributed by atoms with Crippen LogP contribution in [0.15, 0.2) is 23.4 Å². The molecule has 2 saturated heterocycles. The average molecular weight is 526 g/mol. The minimum atomic E-state index is -4.48. The molecule has 3 atom stereocenters. The van der Waals surface area contributed by atoms with Gasteiger partial charge in [0, 0.05) is 50.1 Å². The van der Waals surface area contributed by atoms with Gasteiger partial charge in [-0.15, -0.1) is 0 Å². The van der Waals surface area contributed by atoms with Gasteiger partial charge in [-0.1, -0.05) is 0 Å². The van der Waals surface area contributed by atoms with Gasteiger partial charge in [0.15, 0.2) is 0 Å². The predicted octanol–water partition coefficient (Wildman–Crippen LogP) is 1.33. The Morgan fingerprint density at radius 1 is 1.16 bits per heavy atom. The maximum Gasteiger partial charge on any atom is 0.419 e. The van der Waals surface area contributed by atoms with Gasteiger partial charge in [-0.3, -0.25) is 9.59 Å². The number of likely N-dealkylation sites (tertiary alicyclic amines) is 1. The van der Waals surface area contributed by atoms with E-state index >= 15 is 0 Å². The number of anilines is 2. The minimum absolute atomic E-state index is 0.0118. The van der Waals surface area contributed by atoms with Crippen molar-refractivity contribution in [1.82, 2.24) is 25.1 Å². The summed E-state index contributed by atoms with van der Waals surface area (Å²) in [7, 11) is 0. The molecule has 0 aromatic carbocycles. The van der Waals surface area contributed by atoms with Crippen molar-refractivity contribution >= 4 is 17.5 Å². The zero-order valence-corrected chi connectivity index (χ0v) is 20.5. The summed E-state index contributed by atoms with van der Waals surface area (Å²) < 4.78 is 44.1. The first-order valence-corrected chi connectivity index (χ1v) is 12.1. The number of alkyl halides is 3. The van der Waals surface area contributed by atoms with Crippen LogP contribution in [-0.4, -0.2) is 86.6 Å². The number of aliphatic hydroxyl groups excluding tert-OH is 1. The molecule has 0 saturated carbocycles. The lowest BCUT2D eigenvalue weighted by atomic mass is 10.0. The summed E-state index contributed by atoms with van der Waals surface area (Å²) in [6.45, 7) is 4.85. The highest BCUT2D eigenvalue weighted by Gasteiger charge is 2.39. The molecule has 37 heavy (non-hydrogen) atoms. The first kappa shape index (κ1) is 26.8. The Bertz CT molecular complexity index is 1130. The zero-order chi connectivity index (χ0) is 26.7. The Kier molecular flexibility index (Phi) is 7.97. The third-order valence-electron chi connectivity index (χ3n) is 6.85. The van der Waals surface area contributed by atoms with Gasteiger partial charge in [-0.25, -0.2) is 15.1 Å². The number of aromatic amines is 1. The van der Waals surface area contributed by atoms with E-state index in [0.29, 0.717) is 50.1 Å². The SMILES string of the molecule is Cc1c(N[C@H](CO[C@@H]2CCN(C3CCN(c4ncc(C(F)(F)F)cn4)CC3)C2=O)[C@@H](C)O)cn[nH]c1=O. The number of nitrogens with one attached hydrogen (secondary N) is 2. The maximum absolute atomic E-state index is 13.0. The van der Waals surface area contributed by atoms with Crippen molar-refractivity contribution < 1.29 is 27.8 Å². The fourth-order valence-corrected chi connectivity index (χ4v) is 4.53. The van der Waals surface area contributed by atoms with Crippen LogP contribution in [0.3, 0.4) is 0 Å². The molecule has 3 N–H and O–H groups in total. The van der Waals surface area contributed by atoms with E-state index in [1.165, 1.54) is 6.20 Å². The van der Waals surface area contributed by atoms with E-state index in [4.69, 9.17) is 4.74 Å². The summed E-state index contributed by atoms with van der Waals surface area (Å²) >= 11 is 0. The van der Waals surface area contributed by atoms with Gasteiger partial charge in [0.1, 0.15) is 6.10 Å². The third-order valence-corrected chi connectivity index (χ3v) is 6.85. The number of aromatic nitrogens is 4. The van der Waals surface area contributed by atoms with Crippen LogP contribution in [0.4, 0.5) is 24.8 Å². The van der Waals surface area contributed by atoms with E-state index in [1.807, 2.05) is 4.90 Å². The van der Waals surface area contributed by atoms with Crippen molar-refractivity contribution in [2.45, 2.75) is 63.6 Å². The molecular formula is C23H30F3N7O4. The lowest BCUT2D eigenvalue weighted by Crippen LogP contribution is -2.47. The smallest absolute Gasteiger partial charge is 0.391 e. The number of aliphatic hydroxyl groups is 1. The van der Waals surface area contributed by atoms with E-state index in [9.17, 15) is 27.9 Å². The minimum Gasteiger partial charge on any atom is -0.391 e. The Labute approximate surface area is 211 Å². The van der Waals surface area contributed by atoms with Crippen LogP contribution in [-0.2, 0) is 15.7 Å². The summed E-state index contributed by atoms with van der Waals surface area (Å²) in [6, 6.07) is -0.571. The molecule has 11 nitrogen and oxygen atoms in total. The molecule has 2 aliphatic rings. The first-order valence-electron chi connectivity index (χ1n) is 12.1. The molecule has 0 bridgehead atoms. The number of hydrogen-bond donors (Lipinski definition) is 3. The Morgan fingerprint density at radius 2 is 1.84 bits per heavy atom. The molecule has 1 amide bonds. The topological polar surface area (TPSA) is 137 Å². The van der Waals surface area contributed by atoms with Crippen LogP contribution in [0.1, 0.15) is 37.3 Å². The third kappa shape index (κ3) is 6.18. The number of carbonyl (C=O) groups is 1. The highest BCUT2D eigenvalue weighted by molar-refractivity contribution is 5.83. The van der Waals surface area contributed by atoms with Crippen LogP contribution in [0.25, 0.3) is 0 Å². The van der Waals surface area contributed by atoms with Crippen LogP contribution in [0.2, 0.25) is 0 Å². The molecular weight excluding hydrogens is 495 g/mol. The maximum atomic E-state index is 13.0. The molecule has 0 spiro atoms. The highest BCUT2D eigenvalue weighted by atomic mass is 19.4. The van der Waals surface area contributed by atoms with Gasteiger partial charge < -0.3 is 25.0 Å². The fourth-order valence-electron chi connectivity index (χ4n) is 4.53. The number of halogens is 3. The normalized spacial score (nSPS) is 20.8. The number of amides is 1. The molecule has 0 aliphatic carbocycles. The Morgan fingerprint density at radius 3 is 2.46 bits per heavy atom. The second-order valence-corrected chi connectivity index (χ2v) is 9.36. The van der Waals surface area contributed by atoms with Crippen molar-refractivity contribution in [1.29, 1.82) is 0 Å². The molecule has 202 valence electrons. The van der Waals surface area contributed by atoms with Crippen LogP contribution in [0, 0.1) is 6.92 Å². The zero-order valence-electron chi connectivity index (χ0n) is 20.5. The molecule has 14 heteroatoms. The average Bonchev–Trinajstić information content (AvgIpc) is 3.23. The highest BCUT2D eigenvalue weighted by Crippen LogP contribution is 2.29. The van der Waals surface area contributed by atoms with E-state index in [-0.39, 0.29) is 30.1 Å². The molecule has 4 rings (SSSR count). The van der Waals surface area contributed by atoms with Gasteiger partial charge in [0.05, 0.1) is 36.2 Å². The monoisotopic (exact) mass is 525 g/mol. The predicted molar refractivity (Wildman–Crippen MR) is 127 cm³/mol. The summed E-state index contributed by atoms with van der Waals surface area (Å²) in [5.74, 6) is 0.116. The number of hydrogen-bond acceptors (Lipinski definition) is 9. The van der Waals surface area contributed by atoms with Gasteiger partial charge in [0.25, 0.3) is 11.5 Å². The van der Waals surface area contributed by atoms with Crippen molar-refractivity contribution in [2.24, 2.45) is 0 Å². The first-order chi connectivity index (χ1) is 17.5. The fraction of sp³-hybridized carbons (Fsp3) is 0.609. The second-order valence-electron chi connectivity index (χ2n) is 9.36. The number of ether oxygens (including phenoxy) is 1. The summed E-state index contributed by atoms with van der Waals surface area (Å²) in [5.41, 5.74) is -0.330. The molecule has 0 radical (unpaired) electrons. The Hall–Kier alpha value is -3.26. The Balaban J connectivity index is 1.28. The van der Waals surface area contributed by atoms with Crippen LogP contribution in [0.5, 0.6) is 0 Å². The van der Waals surface area contributed by atoms with Crippen LogP contribution < -0.4 is 15.8 Å². The van der Waals surface area contributed by atoms with Crippen molar-refractivity contribution in [2.75, 3.05) is 36.5 Å². The van der Waals surface area contributed by atoms with Crippen molar-refractivity contribution in [3.05, 3.63) is 40.1 Å². The quantitative estimate of drug-likeness (QED) is 0.466. The molecule has 2 aromatic heterocycles. The summed E-state index contributed by atoms with van der Waals surface area (Å²) in [4.78, 5) is 36.2. The van der Waals surface area contributed by atoms with Gasteiger partial charge in [-0.05, 0) is 26.7 Å². The molecule has 2 aromatic rings. The largest absolute Gasteiger partial charge is 0.419 e. The number of H-pyrrole nitrogens is 1. The van der Waals surface area contributed by atoms with Crippen LogP contribution >= 0.6 is 0 Å². The van der Waals surface area contributed by atoms with E-state index in [0.717, 1.165) is 12.4 Å². The summed E-state index contributed by atoms with van der Waals surface area (Å²) in [5, 5.41) is 19.4. The number of nitrogens with zero attached hydrogens (tertiary/aromatic N) is 5. The summed E-state index contributed by atoms with van der Waals surface area (Å²) in [6.07, 6.45) is -1.14. The molecule has 2 aliphatic heterocycles. The number of rotatable bonds is 8. The molecule has 4 heterocycles. The standard InChI is InChI=1S/C23H30F3N7O4/c1-13-17(11-29-31-20(13)35)30-18(14(2)34)12-37-19-5-8-33(21(19)36)16-3-6-32(7-4-16)22-27-9-15(10-28-22)23(24,25)26/h9-11,14,16,18-19,34H,3-8,12H2,1-2H3,(H2,30,31,35)/t14-,18-,19-/m1/s1. The number of carbonyl (C=O) groups excluding carboxylic acids is 1. The van der Waals surface area contributed by atoms with Crippen molar-refractivity contribution in [3.63, 3.8) is 0 Å². The van der Waals surface area contributed by atoms with Gasteiger partial charge >= 0.3 is 6.18 Å². The number of piperidine rings is 1. The van der Waals surface area contributed by atoms with E-state index in [2.05, 4.69) is 25.5 Å². The molecule has 0 unspecified atom stereocenters. The molecule has 2 fully saturated rings. The second kappa shape index (κ2) is 11.0. The van der Waals surface area contributed by atoms with Crippen molar-refractivity contribution in [3.8, 4) is 0 Å². The van der Waals surface area contributed by atoms with Gasteiger partial charge in [-0.2, -0.15) is 18.3 Å². The van der Waals surface area contributed by atoms with E-state index < -0.39 is 30.0 Å².